The Morgan fingerprint density at radius 2 is 1.23 bits per heavy atom. The molecule has 31 heavy (non-hydrogen) atoms. The van der Waals surface area contributed by atoms with Crippen LogP contribution in [0.15, 0.2) is 54.6 Å². The van der Waals surface area contributed by atoms with E-state index < -0.39 is 0 Å². The summed E-state index contributed by atoms with van der Waals surface area (Å²) in [6.45, 7) is 12.6. The number of fused-ring (bicyclic) bond motifs is 3. The highest BCUT2D eigenvalue weighted by atomic mass is 15.0. The molecule has 0 unspecified atom stereocenters. The molecule has 0 atom stereocenters. The molecule has 0 radical (unpaired) electrons. The van der Waals surface area contributed by atoms with E-state index in [2.05, 4.69) is 82.5 Å². The van der Waals surface area contributed by atoms with Gasteiger partial charge in [-0.25, -0.2) is 0 Å². The lowest BCUT2D eigenvalue weighted by atomic mass is 9.75. The third-order valence-corrected chi connectivity index (χ3v) is 5.89. The fraction of sp³-hybridized carbons (Fsp3) is 0.286. The zero-order chi connectivity index (χ0) is 22.6. The maximum Gasteiger partial charge on any atom is 0.102 e. The van der Waals surface area contributed by atoms with Gasteiger partial charge >= 0.3 is 0 Å². The van der Waals surface area contributed by atoms with E-state index in [1.807, 2.05) is 30.3 Å². The number of aromatic nitrogens is 1. The summed E-state index contributed by atoms with van der Waals surface area (Å²) in [5.41, 5.74) is 5.39. The Labute approximate surface area is 184 Å². The molecular weight excluding hydrogens is 378 g/mol. The Balaban J connectivity index is 2.33. The molecule has 0 bridgehead atoms. The van der Waals surface area contributed by atoms with E-state index in [1.165, 1.54) is 0 Å². The Kier molecular flexibility index (Phi) is 4.68. The summed E-state index contributed by atoms with van der Waals surface area (Å²) in [7, 11) is 0. The average Bonchev–Trinajstić information content (AvgIpc) is 3.05. The predicted octanol–water partition coefficient (Wildman–Crippen LogP) is 7.12. The summed E-state index contributed by atoms with van der Waals surface area (Å²) >= 11 is 0. The van der Waals surface area contributed by atoms with Crippen molar-refractivity contribution in [3.63, 3.8) is 0 Å². The van der Waals surface area contributed by atoms with Gasteiger partial charge in [-0.3, -0.25) is 0 Å². The summed E-state index contributed by atoms with van der Waals surface area (Å²) in [6, 6.07) is 23.5. The Morgan fingerprint density at radius 3 is 1.65 bits per heavy atom. The van der Waals surface area contributed by atoms with Crippen LogP contribution < -0.4 is 0 Å². The maximum absolute atomic E-state index is 10.4. The van der Waals surface area contributed by atoms with Crippen LogP contribution in [-0.4, -0.2) is 4.57 Å². The molecule has 0 fully saturated rings. The van der Waals surface area contributed by atoms with Gasteiger partial charge in [0.05, 0.1) is 33.9 Å². The fourth-order valence-corrected chi connectivity index (χ4v) is 4.62. The first kappa shape index (κ1) is 20.7. The molecule has 3 aromatic carbocycles. The van der Waals surface area contributed by atoms with Crippen LogP contribution in [-0.2, 0) is 10.8 Å². The molecule has 4 rings (SSSR count). The van der Waals surface area contributed by atoms with E-state index in [9.17, 15) is 10.5 Å². The monoisotopic (exact) mass is 405 g/mol. The topological polar surface area (TPSA) is 52.5 Å². The van der Waals surface area contributed by atoms with Crippen molar-refractivity contribution in [3.8, 4) is 17.8 Å². The lowest BCUT2D eigenvalue weighted by Gasteiger charge is -2.30. The van der Waals surface area contributed by atoms with Gasteiger partial charge in [0.1, 0.15) is 6.07 Å². The Bertz CT molecular complexity index is 1350. The highest BCUT2D eigenvalue weighted by Gasteiger charge is 2.32. The molecule has 1 aromatic heterocycles. The highest BCUT2D eigenvalue weighted by molar-refractivity contribution is 6.09. The van der Waals surface area contributed by atoms with Gasteiger partial charge in [-0.1, -0.05) is 77.9 Å². The fourth-order valence-electron chi connectivity index (χ4n) is 4.62. The number of hydrogen-bond acceptors (Lipinski definition) is 2. The molecule has 0 aliphatic rings. The largest absolute Gasteiger partial charge is 0.308 e. The van der Waals surface area contributed by atoms with Gasteiger partial charge in [0.15, 0.2) is 0 Å². The molecule has 0 N–H and O–H groups in total. The molecular formula is C28H27N3. The van der Waals surface area contributed by atoms with Crippen molar-refractivity contribution >= 4 is 21.8 Å². The second-order valence-corrected chi connectivity index (χ2v) is 10.2. The summed E-state index contributed by atoms with van der Waals surface area (Å²) < 4.78 is 2.22. The minimum Gasteiger partial charge on any atom is -0.308 e. The number of hydrogen-bond donors (Lipinski definition) is 0. The van der Waals surface area contributed by atoms with Gasteiger partial charge in [-0.05, 0) is 40.2 Å². The van der Waals surface area contributed by atoms with Crippen molar-refractivity contribution < 1.29 is 0 Å². The minimum atomic E-state index is -0.347. The smallest absolute Gasteiger partial charge is 0.102 e. The molecule has 0 amide bonds. The standard InChI is InChI=1S/C28H27N3/c1-27(2,3)22-15-18(16-29)25(28(4,5)6)21(17-30)26(22)31-23-13-9-7-11-19(23)20-12-8-10-14-24(20)31/h7-15H,1-6H3. The minimum absolute atomic E-state index is 0.255. The van der Waals surface area contributed by atoms with Crippen LogP contribution >= 0.6 is 0 Å². The van der Waals surface area contributed by atoms with Crippen LogP contribution in [0.1, 0.15) is 63.8 Å². The number of benzene rings is 3. The second kappa shape index (κ2) is 7.00. The number of nitriles is 2. The lowest BCUT2D eigenvalue weighted by Crippen LogP contribution is -2.23. The van der Waals surface area contributed by atoms with Gasteiger partial charge in [0, 0.05) is 10.8 Å². The lowest BCUT2D eigenvalue weighted by molar-refractivity contribution is 0.571. The van der Waals surface area contributed by atoms with Gasteiger partial charge in [0.25, 0.3) is 0 Å². The van der Waals surface area contributed by atoms with Crippen LogP contribution in [0.4, 0.5) is 0 Å². The number of nitrogens with zero attached hydrogens (tertiary/aromatic N) is 3. The molecule has 0 saturated carbocycles. The van der Waals surface area contributed by atoms with Gasteiger partial charge in [-0.2, -0.15) is 10.5 Å². The predicted molar refractivity (Wildman–Crippen MR) is 128 cm³/mol. The first-order valence-corrected chi connectivity index (χ1v) is 10.6. The first-order valence-electron chi connectivity index (χ1n) is 10.6. The molecule has 0 saturated heterocycles. The van der Waals surface area contributed by atoms with Crippen molar-refractivity contribution in [2.45, 2.75) is 52.4 Å². The summed E-state index contributed by atoms with van der Waals surface area (Å²) in [5.74, 6) is 0. The molecule has 0 aliphatic carbocycles. The van der Waals surface area contributed by atoms with E-state index in [4.69, 9.17) is 0 Å². The van der Waals surface area contributed by atoms with Crippen molar-refractivity contribution in [3.05, 3.63) is 76.9 Å². The maximum atomic E-state index is 10.4. The number of rotatable bonds is 1. The second-order valence-electron chi connectivity index (χ2n) is 10.2. The van der Waals surface area contributed by atoms with E-state index in [0.29, 0.717) is 11.1 Å². The molecule has 3 nitrogen and oxygen atoms in total. The summed E-state index contributed by atoms with van der Waals surface area (Å²) in [5, 5.41) is 22.7. The molecule has 3 heteroatoms. The SMILES string of the molecule is CC(C)(C)c1cc(C#N)c(C(C)(C)C)c(C#N)c1-n1c2ccccc2c2ccccc21. The quantitative estimate of drug-likeness (QED) is 0.338. The summed E-state index contributed by atoms with van der Waals surface area (Å²) in [6.07, 6.45) is 0. The van der Waals surface area contributed by atoms with E-state index in [0.717, 1.165) is 38.6 Å². The van der Waals surface area contributed by atoms with Crippen LogP contribution in [0.5, 0.6) is 0 Å². The van der Waals surface area contributed by atoms with Crippen LogP contribution in [0.25, 0.3) is 27.5 Å². The van der Waals surface area contributed by atoms with Crippen LogP contribution in [0, 0.1) is 22.7 Å². The zero-order valence-corrected chi connectivity index (χ0v) is 19.0. The van der Waals surface area contributed by atoms with E-state index >= 15 is 0 Å². The molecule has 1 heterocycles. The third kappa shape index (κ3) is 3.18. The summed E-state index contributed by atoms with van der Waals surface area (Å²) in [4.78, 5) is 0. The normalized spacial score (nSPS) is 12.1. The Hall–Kier alpha value is -3.56. The molecule has 0 aliphatic heterocycles. The van der Waals surface area contributed by atoms with Crippen LogP contribution in [0.2, 0.25) is 0 Å². The van der Waals surface area contributed by atoms with Gasteiger partial charge in [0.2, 0.25) is 0 Å². The van der Waals surface area contributed by atoms with Crippen molar-refractivity contribution in [1.82, 2.24) is 4.57 Å². The average molecular weight is 406 g/mol. The van der Waals surface area contributed by atoms with E-state index in [-0.39, 0.29) is 10.8 Å². The molecule has 154 valence electrons. The first-order chi connectivity index (χ1) is 14.6. The van der Waals surface area contributed by atoms with Crippen molar-refractivity contribution in [2.75, 3.05) is 0 Å². The van der Waals surface area contributed by atoms with Gasteiger partial charge in [-0.15, -0.1) is 0 Å². The van der Waals surface area contributed by atoms with Gasteiger partial charge < -0.3 is 4.57 Å². The van der Waals surface area contributed by atoms with Crippen LogP contribution in [0.3, 0.4) is 0 Å². The third-order valence-electron chi connectivity index (χ3n) is 5.89. The Morgan fingerprint density at radius 1 is 0.710 bits per heavy atom. The molecule has 0 spiro atoms. The highest BCUT2D eigenvalue weighted by Crippen LogP contribution is 2.42. The molecule has 4 aromatic rings. The van der Waals surface area contributed by atoms with Crippen molar-refractivity contribution in [1.29, 1.82) is 10.5 Å². The number of para-hydroxylation sites is 2. The van der Waals surface area contributed by atoms with E-state index in [1.54, 1.807) is 0 Å². The van der Waals surface area contributed by atoms with Crippen molar-refractivity contribution in [2.24, 2.45) is 0 Å². The zero-order valence-electron chi connectivity index (χ0n) is 19.0.